The molecule has 3 rings (SSSR count). The van der Waals surface area contributed by atoms with Gasteiger partial charge in [0.2, 0.25) is 11.8 Å². The van der Waals surface area contributed by atoms with Crippen molar-refractivity contribution in [1.29, 1.82) is 0 Å². The number of nitrogens with zero attached hydrogens (tertiary/aromatic N) is 2. The van der Waals surface area contributed by atoms with Gasteiger partial charge in [0.15, 0.2) is 0 Å². The van der Waals surface area contributed by atoms with Crippen LogP contribution < -0.4 is 19.3 Å². The first-order valence-corrected chi connectivity index (χ1v) is 10.3. The van der Waals surface area contributed by atoms with Gasteiger partial charge in [0.25, 0.3) is 0 Å². The Balaban J connectivity index is 1.57. The second-order valence-corrected chi connectivity index (χ2v) is 7.47. The number of anilines is 2. The lowest BCUT2D eigenvalue weighted by Crippen LogP contribution is -2.28. The Morgan fingerprint density at radius 2 is 0.906 bits per heavy atom. The number of rotatable bonds is 8. The van der Waals surface area contributed by atoms with Crippen molar-refractivity contribution in [3.63, 3.8) is 0 Å². The molecule has 0 atom stereocenters. The van der Waals surface area contributed by atoms with Gasteiger partial charge in [-0.05, 0) is 59.7 Å². The zero-order valence-corrected chi connectivity index (χ0v) is 18.9. The van der Waals surface area contributed by atoms with Gasteiger partial charge in [-0.1, -0.05) is 24.3 Å². The molecule has 0 aromatic heterocycles. The fourth-order valence-corrected chi connectivity index (χ4v) is 3.26. The van der Waals surface area contributed by atoms with Crippen molar-refractivity contribution in [2.24, 2.45) is 0 Å². The maximum atomic E-state index is 12.6. The van der Waals surface area contributed by atoms with Crippen LogP contribution in [-0.4, -0.2) is 40.1 Å². The van der Waals surface area contributed by atoms with Crippen molar-refractivity contribution in [1.82, 2.24) is 0 Å². The third-order valence-electron chi connectivity index (χ3n) is 5.40. The summed E-state index contributed by atoms with van der Waals surface area (Å²) >= 11 is 0. The summed E-state index contributed by atoms with van der Waals surface area (Å²) in [4.78, 5) is 28.5. The van der Waals surface area contributed by atoms with Crippen LogP contribution in [0.3, 0.4) is 0 Å². The second kappa shape index (κ2) is 10.5. The summed E-state index contributed by atoms with van der Waals surface area (Å²) in [6.45, 7) is 0. The van der Waals surface area contributed by atoms with Gasteiger partial charge in [0.1, 0.15) is 11.5 Å². The van der Waals surface area contributed by atoms with Crippen LogP contribution in [0.4, 0.5) is 11.4 Å². The molecule has 3 aromatic carbocycles. The molecule has 0 spiro atoms. The molecule has 0 aliphatic carbocycles. The summed E-state index contributed by atoms with van der Waals surface area (Å²) in [7, 11) is 6.73. The molecule has 0 saturated carbocycles. The molecule has 0 fully saturated rings. The number of benzene rings is 3. The highest BCUT2D eigenvalue weighted by Gasteiger charge is 2.14. The molecule has 0 bridgehead atoms. The predicted octanol–water partition coefficient (Wildman–Crippen LogP) is 4.11. The van der Waals surface area contributed by atoms with E-state index in [2.05, 4.69) is 0 Å². The number of carbonyl (C=O) groups excluding carboxylic acids is 2. The Bertz CT molecular complexity index is 958. The molecule has 6 heteroatoms. The Kier molecular flexibility index (Phi) is 7.49. The molecule has 0 heterocycles. The normalized spacial score (nSPS) is 10.4. The average Bonchev–Trinajstić information content (AvgIpc) is 2.84. The van der Waals surface area contributed by atoms with E-state index in [1.54, 1.807) is 38.1 Å². The van der Waals surface area contributed by atoms with Gasteiger partial charge in [-0.2, -0.15) is 0 Å². The first-order valence-electron chi connectivity index (χ1n) is 10.3. The molecule has 166 valence electrons. The van der Waals surface area contributed by atoms with Crippen LogP contribution in [0.15, 0.2) is 72.8 Å². The van der Waals surface area contributed by atoms with Crippen molar-refractivity contribution in [3.05, 3.63) is 83.9 Å². The highest BCUT2D eigenvalue weighted by atomic mass is 16.5. The summed E-state index contributed by atoms with van der Waals surface area (Å²) in [6.07, 6.45) is 0.561. The van der Waals surface area contributed by atoms with Crippen molar-refractivity contribution >= 4 is 23.2 Å². The zero-order valence-electron chi connectivity index (χ0n) is 18.9. The van der Waals surface area contributed by atoms with E-state index in [1.165, 1.54) is 0 Å². The minimum atomic E-state index is -0.0155. The molecule has 3 aromatic rings. The highest BCUT2D eigenvalue weighted by Crippen LogP contribution is 2.20. The van der Waals surface area contributed by atoms with Crippen LogP contribution in [0, 0.1) is 0 Å². The molecule has 0 saturated heterocycles. The van der Waals surface area contributed by atoms with Gasteiger partial charge in [-0.25, -0.2) is 0 Å². The Hall–Kier alpha value is -3.80. The molecule has 2 amide bonds. The summed E-state index contributed by atoms with van der Waals surface area (Å²) in [6, 6.07) is 22.3. The van der Waals surface area contributed by atoms with Gasteiger partial charge in [0.05, 0.1) is 27.1 Å². The summed E-state index contributed by atoms with van der Waals surface area (Å²) in [5.74, 6) is 1.46. The zero-order chi connectivity index (χ0) is 23.1. The maximum absolute atomic E-state index is 12.6. The minimum absolute atomic E-state index is 0.0155. The van der Waals surface area contributed by atoms with Crippen molar-refractivity contribution < 1.29 is 19.1 Å². The van der Waals surface area contributed by atoms with E-state index in [4.69, 9.17) is 9.47 Å². The van der Waals surface area contributed by atoms with Crippen molar-refractivity contribution in [2.45, 2.75) is 12.8 Å². The van der Waals surface area contributed by atoms with Crippen molar-refractivity contribution in [3.8, 4) is 11.5 Å². The average molecular weight is 433 g/mol. The van der Waals surface area contributed by atoms with E-state index >= 15 is 0 Å². The smallest absolute Gasteiger partial charge is 0.231 e. The van der Waals surface area contributed by atoms with Crippen LogP contribution in [0.25, 0.3) is 0 Å². The topological polar surface area (TPSA) is 59.1 Å². The van der Waals surface area contributed by atoms with Gasteiger partial charge >= 0.3 is 0 Å². The van der Waals surface area contributed by atoms with Crippen LogP contribution in [-0.2, 0) is 22.4 Å². The molecule has 6 nitrogen and oxygen atoms in total. The third kappa shape index (κ3) is 5.66. The molecule has 0 N–H and O–H groups in total. The SMILES string of the molecule is COc1ccc(N(C)C(=O)Cc2ccc(CC(=O)N(C)c3ccc(OC)cc3)cc2)cc1. The first kappa shape index (κ1) is 22.9. The summed E-state index contributed by atoms with van der Waals surface area (Å²) < 4.78 is 10.3. The quantitative estimate of drug-likeness (QED) is 0.537. The van der Waals surface area contributed by atoms with E-state index in [-0.39, 0.29) is 24.7 Å². The minimum Gasteiger partial charge on any atom is -0.497 e. The second-order valence-electron chi connectivity index (χ2n) is 7.47. The monoisotopic (exact) mass is 432 g/mol. The predicted molar refractivity (Wildman–Crippen MR) is 127 cm³/mol. The number of ether oxygens (including phenoxy) is 2. The Morgan fingerprint density at radius 3 is 1.19 bits per heavy atom. The number of methoxy groups -OCH3 is 2. The number of amides is 2. The molecule has 32 heavy (non-hydrogen) atoms. The number of hydrogen-bond acceptors (Lipinski definition) is 4. The van der Waals surface area contributed by atoms with Gasteiger partial charge < -0.3 is 19.3 Å². The van der Waals surface area contributed by atoms with Gasteiger partial charge in [-0.15, -0.1) is 0 Å². The molecule has 0 unspecified atom stereocenters. The Labute approximate surface area is 189 Å². The van der Waals surface area contributed by atoms with Crippen LogP contribution in [0.1, 0.15) is 11.1 Å². The van der Waals surface area contributed by atoms with Crippen LogP contribution >= 0.6 is 0 Å². The van der Waals surface area contributed by atoms with Crippen LogP contribution in [0.5, 0.6) is 11.5 Å². The highest BCUT2D eigenvalue weighted by molar-refractivity contribution is 5.95. The largest absolute Gasteiger partial charge is 0.497 e. The van der Waals surface area contributed by atoms with E-state index < -0.39 is 0 Å². The van der Waals surface area contributed by atoms with E-state index in [0.717, 1.165) is 34.0 Å². The fourth-order valence-electron chi connectivity index (χ4n) is 3.26. The molecular formula is C26H28N2O4. The van der Waals surface area contributed by atoms with E-state index in [9.17, 15) is 9.59 Å². The molecule has 0 aliphatic heterocycles. The summed E-state index contributed by atoms with van der Waals surface area (Å²) in [5.41, 5.74) is 3.41. The lowest BCUT2D eigenvalue weighted by molar-refractivity contribution is -0.118. The third-order valence-corrected chi connectivity index (χ3v) is 5.40. The molecular weight excluding hydrogens is 404 g/mol. The van der Waals surface area contributed by atoms with E-state index in [0.29, 0.717) is 0 Å². The first-order chi connectivity index (χ1) is 15.4. The standard InChI is InChI=1S/C26H28N2O4/c1-27(21-9-13-23(31-3)14-10-21)25(29)17-19-5-7-20(8-6-19)18-26(30)28(2)22-11-15-24(32-4)16-12-22/h5-16H,17-18H2,1-4H3. The lowest BCUT2D eigenvalue weighted by Gasteiger charge is -2.18. The lowest BCUT2D eigenvalue weighted by atomic mass is 10.1. The van der Waals surface area contributed by atoms with Crippen LogP contribution in [0.2, 0.25) is 0 Å². The molecule has 0 radical (unpaired) electrons. The number of hydrogen-bond donors (Lipinski definition) is 0. The fraction of sp³-hybridized carbons (Fsp3) is 0.231. The summed E-state index contributed by atoms with van der Waals surface area (Å²) in [5, 5.41) is 0. The number of carbonyl (C=O) groups is 2. The van der Waals surface area contributed by atoms with Gasteiger partial charge in [0, 0.05) is 25.5 Å². The number of likely N-dealkylation sites (N-methyl/N-ethyl adjacent to an activating group) is 2. The maximum Gasteiger partial charge on any atom is 0.231 e. The van der Waals surface area contributed by atoms with Gasteiger partial charge in [-0.3, -0.25) is 9.59 Å². The molecule has 0 aliphatic rings. The van der Waals surface area contributed by atoms with E-state index in [1.807, 2.05) is 72.8 Å². The van der Waals surface area contributed by atoms with Crippen molar-refractivity contribution in [2.75, 3.05) is 38.1 Å². The Morgan fingerprint density at radius 1 is 0.594 bits per heavy atom.